The molecule has 31 heavy (non-hydrogen) atoms. The van der Waals surface area contributed by atoms with E-state index in [1.54, 1.807) is 7.11 Å². The molecule has 0 radical (unpaired) electrons. The van der Waals surface area contributed by atoms with Crippen molar-refractivity contribution >= 4 is 28.0 Å². The fraction of sp³-hybridized carbons (Fsp3) is 0.542. The van der Waals surface area contributed by atoms with E-state index in [1.807, 2.05) is 23.5 Å². The molecule has 0 aliphatic carbocycles. The van der Waals surface area contributed by atoms with Crippen LogP contribution in [-0.4, -0.2) is 58.4 Å². The molecule has 6 nitrogen and oxygen atoms in total. The number of aliphatic imine (C=N–C) groups is 1. The molecule has 1 atom stereocenters. The highest BCUT2D eigenvalue weighted by molar-refractivity contribution is 7.14. The summed E-state index contributed by atoms with van der Waals surface area (Å²) in [6, 6.07) is 13.1. The number of para-hydroxylation sites is 2. The molecule has 0 spiro atoms. The van der Waals surface area contributed by atoms with Crippen LogP contribution in [-0.2, 0) is 0 Å². The van der Waals surface area contributed by atoms with Crippen LogP contribution in [0.4, 0.5) is 10.7 Å². The predicted octanol–water partition coefficient (Wildman–Crippen LogP) is 3.81. The highest BCUT2D eigenvalue weighted by atomic mass is 32.1. The first-order chi connectivity index (χ1) is 15.3. The second-order valence-electron chi connectivity index (χ2n) is 8.35. The molecule has 0 bridgehead atoms. The van der Waals surface area contributed by atoms with E-state index in [2.05, 4.69) is 57.0 Å². The third kappa shape index (κ3) is 5.64. The Balaban J connectivity index is 1.28. The molecule has 0 saturated carbocycles. The van der Waals surface area contributed by atoms with Crippen molar-refractivity contribution in [2.75, 3.05) is 56.2 Å². The second kappa shape index (κ2) is 10.8. The van der Waals surface area contributed by atoms with Crippen molar-refractivity contribution < 1.29 is 4.74 Å². The first-order valence-corrected chi connectivity index (χ1v) is 12.4. The monoisotopic (exact) mass is 441 g/mol. The summed E-state index contributed by atoms with van der Waals surface area (Å²) >= 11 is 1.83. The normalized spacial score (nSPS) is 20.2. The summed E-state index contributed by atoms with van der Waals surface area (Å²) in [5.74, 6) is 2.49. The zero-order valence-electron chi connectivity index (χ0n) is 18.7. The van der Waals surface area contributed by atoms with Crippen LogP contribution in [0.15, 0.2) is 46.8 Å². The molecule has 7 heteroatoms. The lowest BCUT2D eigenvalue weighted by molar-refractivity contribution is 0.414. The molecule has 2 N–H and O–H groups in total. The SMILES string of the molecule is CCNC(=NCC1CCN(c2ccccc2OC)C1)NC1CCN(c2cccs2)CC1. The zero-order valence-corrected chi connectivity index (χ0v) is 19.5. The molecule has 1 unspecified atom stereocenters. The van der Waals surface area contributed by atoms with E-state index in [1.165, 1.54) is 17.1 Å². The van der Waals surface area contributed by atoms with E-state index in [9.17, 15) is 0 Å². The Morgan fingerprint density at radius 1 is 1.10 bits per heavy atom. The first-order valence-electron chi connectivity index (χ1n) is 11.5. The number of hydrogen-bond acceptors (Lipinski definition) is 5. The maximum atomic E-state index is 5.55. The summed E-state index contributed by atoms with van der Waals surface area (Å²) in [5, 5.41) is 10.7. The molecule has 2 aliphatic heterocycles. The number of anilines is 2. The average molecular weight is 442 g/mol. The van der Waals surface area contributed by atoms with Crippen LogP contribution in [0.2, 0.25) is 0 Å². The molecule has 3 heterocycles. The van der Waals surface area contributed by atoms with Crippen molar-refractivity contribution in [2.24, 2.45) is 10.9 Å². The molecule has 168 valence electrons. The molecular weight excluding hydrogens is 406 g/mol. The number of methoxy groups -OCH3 is 1. The van der Waals surface area contributed by atoms with Crippen molar-refractivity contribution in [1.29, 1.82) is 0 Å². The topological polar surface area (TPSA) is 52.1 Å². The van der Waals surface area contributed by atoms with Crippen molar-refractivity contribution in [3.63, 3.8) is 0 Å². The van der Waals surface area contributed by atoms with E-state index in [4.69, 9.17) is 9.73 Å². The minimum atomic E-state index is 0.489. The lowest BCUT2D eigenvalue weighted by atomic mass is 10.1. The molecule has 1 aromatic heterocycles. The smallest absolute Gasteiger partial charge is 0.191 e. The van der Waals surface area contributed by atoms with Crippen LogP contribution >= 0.6 is 11.3 Å². The van der Waals surface area contributed by atoms with E-state index in [0.717, 1.165) is 63.8 Å². The maximum absolute atomic E-state index is 5.55. The zero-order chi connectivity index (χ0) is 21.5. The Hall–Kier alpha value is -2.41. The van der Waals surface area contributed by atoms with Gasteiger partial charge < -0.3 is 25.2 Å². The number of guanidine groups is 1. The highest BCUT2D eigenvalue weighted by Crippen LogP contribution is 2.32. The fourth-order valence-corrected chi connectivity index (χ4v) is 5.30. The fourth-order valence-electron chi connectivity index (χ4n) is 4.52. The molecule has 1 aromatic carbocycles. The third-order valence-corrected chi connectivity index (χ3v) is 7.15. The van der Waals surface area contributed by atoms with Gasteiger partial charge in [0.1, 0.15) is 5.75 Å². The lowest BCUT2D eigenvalue weighted by Crippen LogP contribution is -2.48. The van der Waals surface area contributed by atoms with Gasteiger partial charge in [0, 0.05) is 45.3 Å². The Bertz CT molecular complexity index is 832. The highest BCUT2D eigenvalue weighted by Gasteiger charge is 2.25. The van der Waals surface area contributed by atoms with Gasteiger partial charge in [0.25, 0.3) is 0 Å². The molecule has 0 amide bonds. The van der Waals surface area contributed by atoms with Gasteiger partial charge in [0.05, 0.1) is 17.8 Å². The van der Waals surface area contributed by atoms with Crippen LogP contribution < -0.4 is 25.2 Å². The standard InChI is InChI=1S/C24H35N5OS/c1-3-25-24(27-20-11-14-28(15-12-20)23-9-6-16-31-23)26-17-19-10-13-29(18-19)21-7-4-5-8-22(21)30-2/h4-9,16,19-20H,3,10-15,17-18H2,1-2H3,(H2,25,26,27). The summed E-state index contributed by atoms with van der Waals surface area (Å²) in [6.45, 7) is 8.18. The number of thiophene rings is 1. The second-order valence-corrected chi connectivity index (χ2v) is 9.28. The summed E-state index contributed by atoms with van der Waals surface area (Å²) in [6.07, 6.45) is 3.46. The minimum absolute atomic E-state index is 0.489. The predicted molar refractivity (Wildman–Crippen MR) is 132 cm³/mol. The molecule has 2 aliphatic rings. The van der Waals surface area contributed by atoms with Gasteiger partial charge in [-0.2, -0.15) is 0 Å². The van der Waals surface area contributed by atoms with E-state index < -0.39 is 0 Å². The summed E-state index contributed by atoms with van der Waals surface area (Å²) in [5.41, 5.74) is 1.19. The number of piperidine rings is 1. The van der Waals surface area contributed by atoms with Gasteiger partial charge in [-0.05, 0) is 61.7 Å². The van der Waals surface area contributed by atoms with Crippen LogP contribution in [0.1, 0.15) is 26.2 Å². The number of hydrogen-bond donors (Lipinski definition) is 2. The Labute approximate surface area is 190 Å². The van der Waals surface area contributed by atoms with Crippen LogP contribution in [0, 0.1) is 5.92 Å². The average Bonchev–Trinajstić information content (AvgIpc) is 3.51. The third-order valence-electron chi connectivity index (χ3n) is 6.22. The Morgan fingerprint density at radius 3 is 2.65 bits per heavy atom. The van der Waals surface area contributed by atoms with E-state index >= 15 is 0 Å². The molecule has 4 rings (SSSR count). The number of ether oxygens (including phenoxy) is 1. The van der Waals surface area contributed by atoms with Gasteiger partial charge in [0.15, 0.2) is 5.96 Å². The van der Waals surface area contributed by atoms with Gasteiger partial charge in [-0.15, -0.1) is 11.3 Å². The maximum Gasteiger partial charge on any atom is 0.191 e. The number of nitrogens with zero attached hydrogens (tertiary/aromatic N) is 3. The van der Waals surface area contributed by atoms with Gasteiger partial charge >= 0.3 is 0 Å². The van der Waals surface area contributed by atoms with Gasteiger partial charge in [0.2, 0.25) is 0 Å². The summed E-state index contributed by atoms with van der Waals surface area (Å²) < 4.78 is 5.55. The summed E-state index contributed by atoms with van der Waals surface area (Å²) in [7, 11) is 1.75. The number of rotatable bonds is 7. The lowest BCUT2D eigenvalue weighted by Gasteiger charge is -2.33. The van der Waals surface area contributed by atoms with Crippen molar-refractivity contribution in [3.8, 4) is 5.75 Å². The Kier molecular flexibility index (Phi) is 7.57. The summed E-state index contributed by atoms with van der Waals surface area (Å²) in [4.78, 5) is 9.88. The number of nitrogens with one attached hydrogen (secondary N) is 2. The quantitative estimate of drug-likeness (QED) is 0.506. The van der Waals surface area contributed by atoms with Crippen molar-refractivity contribution in [3.05, 3.63) is 41.8 Å². The largest absolute Gasteiger partial charge is 0.495 e. The van der Waals surface area contributed by atoms with Crippen LogP contribution in [0.3, 0.4) is 0 Å². The molecule has 2 aromatic rings. The molecule has 2 saturated heterocycles. The number of benzene rings is 1. The van der Waals surface area contributed by atoms with Gasteiger partial charge in [-0.25, -0.2) is 0 Å². The van der Waals surface area contributed by atoms with Crippen LogP contribution in [0.25, 0.3) is 0 Å². The molecular formula is C24H35N5OS. The first kappa shape index (κ1) is 21.8. The van der Waals surface area contributed by atoms with E-state index in [-0.39, 0.29) is 0 Å². The minimum Gasteiger partial charge on any atom is -0.495 e. The van der Waals surface area contributed by atoms with Crippen molar-refractivity contribution in [2.45, 2.75) is 32.2 Å². The molecule has 2 fully saturated rings. The van der Waals surface area contributed by atoms with E-state index in [0.29, 0.717) is 12.0 Å². The van der Waals surface area contributed by atoms with Crippen molar-refractivity contribution in [1.82, 2.24) is 10.6 Å². The Morgan fingerprint density at radius 2 is 1.90 bits per heavy atom. The van der Waals surface area contributed by atoms with Gasteiger partial charge in [-0.3, -0.25) is 4.99 Å². The van der Waals surface area contributed by atoms with Gasteiger partial charge in [-0.1, -0.05) is 12.1 Å². The van der Waals surface area contributed by atoms with Crippen LogP contribution in [0.5, 0.6) is 5.75 Å².